The van der Waals surface area contributed by atoms with E-state index in [1.165, 1.54) is 12.1 Å². The van der Waals surface area contributed by atoms with Crippen molar-refractivity contribution in [2.24, 2.45) is 0 Å². The van der Waals surface area contributed by atoms with Crippen LogP contribution in [0.5, 0.6) is 0 Å². The third-order valence-corrected chi connectivity index (χ3v) is 6.77. The first-order valence-corrected chi connectivity index (χ1v) is 11.5. The number of amides is 1. The molecule has 1 unspecified atom stereocenters. The third-order valence-electron chi connectivity index (χ3n) is 5.74. The predicted octanol–water partition coefficient (Wildman–Crippen LogP) is 5.79. The van der Waals surface area contributed by atoms with E-state index in [4.69, 9.17) is 4.98 Å². The van der Waals surface area contributed by atoms with Crippen LogP contribution in [-0.4, -0.2) is 37.5 Å². The largest absolute Gasteiger partial charge is 0.335 e. The number of benzene rings is 1. The molecule has 33 heavy (non-hydrogen) atoms. The van der Waals surface area contributed by atoms with E-state index < -0.39 is 4.92 Å². The number of non-ortho nitro benzene ring substituents is 1. The fourth-order valence-corrected chi connectivity index (χ4v) is 4.59. The quantitative estimate of drug-likeness (QED) is 0.266. The van der Waals surface area contributed by atoms with Crippen molar-refractivity contribution in [1.82, 2.24) is 19.7 Å². The van der Waals surface area contributed by atoms with Crippen molar-refractivity contribution >= 4 is 34.0 Å². The first-order chi connectivity index (χ1) is 15.7. The van der Waals surface area contributed by atoms with E-state index in [0.717, 1.165) is 15.4 Å². The highest BCUT2D eigenvalue weighted by Gasteiger charge is 2.25. The fraction of sp³-hybridized carbons (Fsp3) is 0.292. The Labute approximate surface area is 195 Å². The molecule has 4 rings (SSSR count). The normalized spacial score (nSPS) is 12.3. The lowest BCUT2D eigenvalue weighted by Gasteiger charge is -2.26. The van der Waals surface area contributed by atoms with Crippen LogP contribution in [0.3, 0.4) is 0 Å². The highest BCUT2D eigenvalue weighted by Crippen LogP contribution is 2.32. The Morgan fingerprint density at radius 3 is 2.58 bits per heavy atom. The zero-order valence-electron chi connectivity index (χ0n) is 19.1. The van der Waals surface area contributed by atoms with Crippen molar-refractivity contribution in [2.75, 3.05) is 7.05 Å². The van der Waals surface area contributed by atoms with Crippen LogP contribution in [0.15, 0.2) is 48.7 Å². The molecule has 0 fully saturated rings. The topological polar surface area (TPSA) is 94.2 Å². The molecular formula is C24H25N5O3S. The molecule has 1 aromatic carbocycles. The van der Waals surface area contributed by atoms with Gasteiger partial charge in [0.15, 0.2) is 5.65 Å². The van der Waals surface area contributed by atoms with E-state index in [1.807, 2.05) is 50.6 Å². The van der Waals surface area contributed by atoms with E-state index in [0.29, 0.717) is 22.2 Å². The highest BCUT2D eigenvalue weighted by atomic mass is 32.1. The lowest BCUT2D eigenvalue weighted by molar-refractivity contribution is -0.384. The molecule has 4 aromatic rings. The number of fused-ring (bicyclic) bond motifs is 1. The van der Waals surface area contributed by atoms with E-state index >= 15 is 0 Å². The van der Waals surface area contributed by atoms with Gasteiger partial charge in [0, 0.05) is 30.1 Å². The first kappa shape index (κ1) is 22.6. The summed E-state index contributed by atoms with van der Waals surface area (Å²) in [6, 6.07) is 12.0. The molecular weight excluding hydrogens is 438 g/mol. The van der Waals surface area contributed by atoms with Gasteiger partial charge < -0.3 is 4.90 Å². The Bertz CT molecular complexity index is 1360. The van der Waals surface area contributed by atoms with Crippen molar-refractivity contribution in [3.05, 3.63) is 74.8 Å². The van der Waals surface area contributed by atoms with Gasteiger partial charge in [-0.1, -0.05) is 12.1 Å². The van der Waals surface area contributed by atoms with Crippen molar-refractivity contribution in [2.45, 2.75) is 39.8 Å². The first-order valence-electron chi connectivity index (χ1n) is 10.6. The zero-order valence-corrected chi connectivity index (χ0v) is 20.0. The van der Waals surface area contributed by atoms with E-state index in [1.54, 1.807) is 41.6 Å². The zero-order chi connectivity index (χ0) is 23.9. The van der Waals surface area contributed by atoms with Crippen LogP contribution in [0.25, 0.3) is 21.6 Å². The van der Waals surface area contributed by atoms with E-state index in [-0.39, 0.29) is 23.7 Å². The molecule has 9 heteroatoms. The molecule has 8 nitrogen and oxygen atoms in total. The molecule has 0 radical (unpaired) electrons. The van der Waals surface area contributed by atoms with Gasteiger partial charge in [-0.3, -0.25) is 14.9 Å². The number of nitro groups is 1. The van der Waals surface area contributed by atoms with Gasteiger partial charge in [0.05, 0.1) is 38.7 Å². The van der Waals surface area contributed by atoms with Crippen molar-refractivity contribution in [3.63, 3.8) is 0 Å². The number of nitro benzene ring substituents is 1. The molecule has 3 heterocycles. The maximum atomic E-state index is 13.7. The third kappa shape index (κ3) is 4.23. The molecule has 0 aliphatic carbocycles. The number of nitrogens with zero attached hydrogens (tertiary/aromatic N) is 5. The number of hydrogen-bond acceptors (Lipinski definition) is 6. The lowest BCUT2D eigenvalue weighted by Crippen LogP contribution is -2.30. The molecule has 170 valence electrons. The Hall–Kier alpha value is -3.59. The smallest absolute Gasteiger partial charge is 0.269 e. The van der Waals surface area contributed by atoms with Gasteiger partial charge in [-0.2, -0.15) is 5.10 Å². The highest BCUT2D eigenvalue weighted by molar-refractivity contribution is 7.15. The number of aryl methyl sites for hydroxylation is 1. The predicted molar refractivity (Wildman–Crippen MR) is 130 cm³/mol. The van der Waals surface area contributed by atoms with Gasteiger partial charge in [-0.05, 0) is 51.5 Å². The Kier molecular flexibility index (Phi) is 5.99. The molecule has 0 aliphatic heterocycles. The van der Waals surface area contributed by atoms with Crippen molar-refractivity contribution < 1.29 is 9.72 Å². The van der Waals surface area contributed by atoms with Gasteiger partial charge in [-0.25, -0.2) is 9.67 Å². The molecule has 0 saturated carbocycles. The summed E-state index contributed by atoms with van der Waals surface area (Å²) in [5, 5.41) is 16.4. The number of pyridine rings is 1. The number of carbonyl (C=O) groups excluding carboxylic acids is 1. The number of rotatable bonds is 6. The SMILES string of the molecule is Cc1ccc(-c2cc(C(=O)N(C)C(C)c3cccc([N+](=O)[O-])c3)c3cnn(C(C)C)c3n2)s1. The summed E-state index contributed by atoms with van der Waals surface area (Å²) in [6.45, 7) is 7.93. The Balaban J connectivity index is 1.80. The second-order valence-corrected chi connectivity index (χ2v) is 9.62. The average molecular weight is 464 g/mol. The van der Waals surface area contributed by atoms with Crippen LogP contribution in [0.4, 0.5) is 5.69 Å². The standard InChI is InChI=1S/C24H25N5O3S/c1-14(2)28-23-20(13-25-28)19(12-21(26-23)22-10-9-15(3)33-22)24(30)27(5)16(4)17-7-6-8-18(11-17)29(31)32/h6-14,16H,1-5H3. The molecule has 0 aliphatic rings. The summed E-state index contributed by atoms with van der Waals surface area (Å²) in [5.41, 5.74) is 2.58. The Morgan fingerprint density at radius 2 is 1.94 bits per heavy atom. The number of aromatic nitrogens is 3. The number of carbonyl (C=O) groups is 1. The summed E-state index contributed by atoms with van der Waals surface area (Å²) in [6.07, 6.45) is 1.69. The molecule has 1 amide bonds. The molecule has 0 bridgehead atoms. The fourth-order valence-electron chi connectivity index (χ4n) is 3.76. The summed E-state index contributed by atoms with van der Waals surface area (Å²) in [5.74, 6) is -0.195. The number of thiophene rings is 1. The van der Waals surface area contributed by atoms with Crippen LogP contribution in [0.2, 0.25) is 0 Å². The second-order valence-electron chi connectivity index (χ2n) is 8.33. The van der Waals surface area contributed by atoms with E-state index in [2.05, 4.69) is 5.10 Å². The maximum absolute atomic E-state index is 13.7. The number of hydrogen-bond donors (Lipinski definition) is 0. The average Bonchev–Trinajstić information content (AvgIpc) is 3.43. The molecule has 1 atom stereocenters. The summed E-state index contributed by atoms with van der Waals surface area (Å²) in [4.78, 5) is 33.0. The van der Waals surface area contributed by atoms with Gasteiger partial charge >= 0.3 is 0 Å². The van der Waals surface area contributed by atoms with Crippen LogP contribution in [0, 0.1) is 17.0 Å². The molecule has 0 N–H and O–H groups in total. The lowest BCUT2D eigenvalue weighted by atomic mass is 10.0. The minimum Gasteiger partial charge on any atom is -0.335 e. The summed E-state index contributed by atoms with van der Waals surface area (Å²) in [7, 11) is 1.71. The van der Waals surface area contributed by atoms with Crippen LogP contribution in [-0.2, 0) is 0 Å². The molecule has 0 saturated heterocycles. The molecule has 3 aromatic heterocycles. The second kappa shape index (κ2) is 8.74. The van der Waals surface area contributed by atoms with Gasteiger partial charge in [0.25, 0.3) is 11.6 Å². The van der Waals surface area contributed by atoms with Gasteiger partial charge in [0.2, 0.25) is 0 Å². The van der Waals surface area contributed by atoms with Crippen molar-refractivity contribution in [1.29, 1.82) is 0 Å². The maximum Gasteiger partial charge on any atom is 0.269 e. The van der Waals surface area contributed by atoms with Gasteiger partial charge in [0.1, 0.15) is 0 Å². The monoisotopic (exact) mass is 463 g/mol. The summed E-state index contributed by atoms with van der Waals surface area (Å²) >= 11 is 1.62. The van der Waals surface area contributed by atoms with Crippen LogP contribution in [0.1, 0.15) is 53.7 Å². The van der Waals surface area contributed by atoms with Crippen molar-refractivity contribution in [3.8, 4) is 10.6 Å². The van der Waals surface area contributed by atoms with Gasteiger partial charge in [-0.15, -0.1) is 11.3 Å². The Morgan fingerprint density at radius 1 is 1.18 bits per heavy atom. The van der Waals surface area contributed by atoms with E-state index in [9.17, 15) is 14.9 Å². The minimum atomic E-state index is -0.431. The summed E-state index contributed by atoms with van der Waals surface area (Å²) < 4.78 is 1.82. The van der Waals surface area contributed by atoms with Crippen LogP contribution >= 0.6 is 11.3 Å². The minimum absolute atomic E-state index is 0.0000572. The molecule has 0 spiro atoms. The van der Waals surface area contributed by atoms with Crippen LogP contribution < -0.4 is 0 Å².